The molecule has 0 saturated carbocycles. The van der Waals surface area contributed by atoms with Crippen molar-refractivity contribution in [3.63, 3.8) is 0 Å². The van der Waals surface area contributed by atoms with Crippen molar-refractivity contribution in [3.05, 3.63) is 24.3 Å². The van der Waals surface area contributed by atoms with Gasteiger partial charge in [-0.15, -0.1) is 0 Å². The number of aliphatic carboxylic acids is 1. The summed E-state index contributed by atoms with van der Waals surface area (Å²) < 4.78 is 26.8. The summed E-state index contributed by atoms with van der Waals surface area (Å²) >= 11 is 0. The number of aliphatic hydroxyl groups excluding tert-OH is 1. The molecular weight excluding hydrogens is 709 g/mol. The van der Waals surface area contributed by atoms with Gasteiger partial charge in [0.2, 0.25) is 5.91 Å². The van der Waals surface area contributed by atoms with Crippen LogP contribution < -0.4 is 5.32 Å². The van der Waals surface area contributed by atoms with Crippen molar-refractivity contribution in [1.82, 2.24) is 5.32 Å². The minimum absolute atomic E-state index is 0.138. The Hall–Kier alpha value is -2.04. The Labute approximate surface area is 328 Å². The molecule has 0 aliphatic heterocycles. The van der Waals surface area contributed by atoms with Gasteiger partial charge < -0.3 is 25.2 Å². The molecule has 4 N–H and O–H groups in total. The second-order valence-corrected chi connectivity index (χ2v) is 16.0. The van der Waals surface area contributed by atoms with Crippen molar-refractivity contribution >= 4 is 25.7 Å². The molecule has 0 radical (unpaired) electrons. The molecule has 1 amide bonds. The quantitative estimate of drug-likeness (QED) is 0.0203. The van der Waals surface area contributed by atoms with Crippen molar-refractivity contribution in [1.29, 1.82) is 0 Å². The predicted molar refractivity (Wildman–Crippen MR) is 217 cm³/mol. The highest BCUT2D eigenvalue weighted by molar-refractivity contribution is 7.47. The van der Waals surface area contributed by atoms with E-state index >= 15 is 0 Å². The lowest BCUT2D eigenvalue weighted by atomic mass is 10.0. The van der Waals surface area contributed by atoms with Gasteiger partial charge in [-0.05, 0) is 44.9 Å². The number of amides is 1. The number of nitrogens with one attached hydrogen (secondary N) is 1. The van der Waals surface area contributed by atoms with E-state index in [2.05, 4.69) is 43.5 Å². The number of hydrogen-bond donors (Lipinski definition) is 4. The Bertz CT molecular complexity index is 1020. The van der Waals surface area contributed by atoms with Crippen molar-refractivity contribution in [2.24, 2.45) is 0 Å². The fourth-order valence-electron chi connectivity index (χ4n) is 5.87. The maximum Gasteiger partial charge on any atom is 0.472 e. The molecule has 11 nitrogen and oxygen atoms in total. The smallest absolute Gasteiger partial charge is 0.472 e. The molecule has 0 bridgehead atoms. The molecule has 0 spiro atoms. The molecule has 0 aromatic heterocycles. The third kappa shape index (κ3) is 36.9. The molecule has 3 atom stereocenters. The maximum atomic E-state index is 12.3. The summed E-state index contributed by atoms with van der Waals surface area (Å²) in [6.45, 7) is 2.57. The summed E-state index contributed by atoms with van der Waals surface area (Å²) in [5, 5.41) is 21.8. The van der Waals surface area contributed by atoms with Gasteiger partial charge in [-0.3, -0.25) is 18.6 Å². The Morgan fingerprint density at radius 1 is 0.593 bits per heavy atom. The van der Waals surface area contributed by atoms with Crippen molar-refractivity contribution in [3.8, 4) is 0 Å². The number of phosphoric acid groups is 1. The molecule has 0 aliphatic carbocycles. The number of carboxylic acid groups (broad SMARTS) is 1. The fraction of sp³-hybridized carbons (Fsp3) is 0.833. The first-order chi connectivity index (χ1) is 26.1. The summed E-state index contributed by atoms with van der Waals surface area (Å²) in [5.41, 5.74) is 0. The van der Waals surface area contributed by atoms with E-state index in [0.717, 1.165) is 57.8 Å². The molecule has 3 unspecified atom stereocenters. The molecule has 0 aromatic rings. The van der Waals surface area contributed by atoms with Gasteiger partial charge in [0.05, 0.1) is 13.2 Å². The van der Waals surface area contributed by atoms with Gasteiger partial charge >= 0.3 is 19.8 Å². The molecule has 0 aliphatic rings. The third-order valence-corrected chi connectivity index (χ3v) is 10.2. The minimum Gasteiger partial charge on any atom is -0.480 e. The number of allylic oxidation sites excluding steroid dienone is 4. The van der Waals surface area contributed by atoms with Gasteiger partial charge in [0.1, 0.15) is 12.7 Å². The van der Waals surface area contributed by atoms with Crippen LogP contribution in [0, 0.1) is 0 Å². The molecule has 0 heterocycles. The third-order valence-electron chi connectivity index (χ3n) is 9.24. The number of rotatable bonds is 40. The summed E-state index contributed by atoms with van der Waals surface area (Å²) in [4.78, 5) is 45.8. The maximum absolute atomic E-state index is 12.3. The first-order valence-corrected chi connectivity index (χ1v) is 22.9. The van der Waals surface area contributed by atoms with E-state index in [1.54, 1.807) is 0 Å². The average Bonchev–Trinajstić information content (AvgIpc) is 3.14. The Kier molecular flexibility index (Phi) is 36.4. The number of hydrogen-bond acceptors (Lipinski definition) is 8. The zero-order chi connectivity index (χ0) is 40.0. The first kappa shape index (κ1) is 52.0. The highest BCUT2D eigenvalue weighted by Crippen LogP contribution is 2.43. The first-order valence-electron chi connectivity index (χ1n) is 21.4. The number of phosphoric ester groups is 1. The lowest BCUT2D eigenvalue weighted by Gasteiger charge is -2.18. The number of esters is 1. The average molecular weight is 788 g/mol. The van der Waals surface area contributed by atoms with Gasteiger partial charge in [0.25, 0.3) is 0 Å². The predicted octanol–water partition coefficient (Wildman–Crippen LogP) is 10.7. The topological polar surface area (TPSA) is 169 Å². The van der Waals surface area contributed by atoms with Crippen LogP contribution in [0.25, 0.3) is 0 Å². The number of carboxylic acids is 1. The second kappa shape index (κ2) is 37.9. The van der Waals surface area contributed by atoms with Crippen LogP contribution >= 0.6 is 7.82 Å². The molecule has 0 fully saturated rings. The normalized spacial score (nSPS) is 14.0. The standard InChI is InChI=1S/C42H78NO10P/c1-3-5-7-9-11-13-15-17-18-19-20-21-22-23-25-27-29-31-33-40(45)43-39(42(47)48)37-53-54(49,50)52-36-38(44)35-51-41(46)34-32-30-28-26-24-16-14-12-10-8-6-4-2/h13,15,18-19,38-39,44H,3-12,14,16-17,20-37H2,1-2H3,(H,43,45)(H,47,48)(H,49,50)/b15-13-,19-18-. The molecule has 54 heavy (non-hydrogen) atoms. The summed E-state index contributed by atoms with van der Waals surface area (Å²) in [6.07, 6.45) is 37.7. The number of ether oxygens (including phenoxy) is 1. The van der Waals surface area contributed by atoms with E-state index in [-0.39, 0.29) is 12.8 Å². The van der Waals surface area contributed by atoms with Gasteiger partial charge in [-0.1, -0.05) is 160 Å². The minimum atomic E-state index is -4.75. The highest BCUT2D eigenvalue weighted by atomic mass is 31.2. The van der Waals surface area contributed by atoms with Crippen molar-refractivity contribution in [2.75, 3.05) is 19.8 Å². The van der Waals surface area contributed by atoms with Crippen LogP contribution in [0.15, 0.2) is 24.3 Å². The summed E-state index contributed by atoms with van der Waals surface area (Å²) in [5.74, 6) is -2.38. The number of carbonyl (C=O) groups excluding carboxylic acids is 2. The van der Waals surface area contributed by atoms with Crippen molar-refractivity contribution in [2.45, 2.75) is 206 Å². The van der Waals surface area contributed by atoms with E-state index in [4.69, 9.17) is 13.8 Å². The van der Waals surface area contributed by atoms with E-state index in [0.29, 0.717) is 12.8 Å². The lowest BCUT2D eigenvalue weighted by Crippen LogP contribution is -2.43. The van der Waals surface area contributed by atoms with Crippen LogP contribution in [0.2, 0.25) is 0 Å². The molecule has 0 saturated heterocycles. The van der Waals surface area contributed by atoms with E-state index < -0.39 is 57.6 Å². The summed E-state index contributed by atoms with van der Waals surface area (Å²) in [7, 11) is -4.75. The highest BCUT2D eigenvalue weighted by Gasteiger charge is 2.28. The van der Waals surface area contributed by atoms with Gasteiger partial charge in [-0.2, -0.15) is 0 Å². The Morgan fingerprint density at radius 2 is 1.02 bits per heavy atom. The van der Waals surface area contributed by atoms with Crippen molar-refractivity contribution < 1.29 is 47.8 Å². The van der Waals surface area contributed by atoms with Crippen LogP contribution in [0.3, 0.4) is 0 Å². The number of aliphatic hydroxyl groups is 1. The van der Waals surface area contributed by atoms with Gasteiger partial charge in [-0.25, -0.2) is 9.36 Å². The Balaban J connectivity index is 3.93. The van der Waals surface area contributed by atoms with E-state index in [1.807, 2.05) is 0 Å². The van der Waals surface area contributed by atoms with Crippen LogP contribution in [-0.4, -0.2) is 64.9 Å². The van der Waals surface area contributed by atoms with Crippen LogP contribution in [0.4, 0.5) is 0 Å². The number of unbranched alkanes of at least 4 members (excludes halogenated alkanes) is 22. The molecular formula is C42H78NO10P. The molecule has 0 aromatic carbocycles. The van der Waals surface area contributed by atoms with E-state index in [1.165, 1.54) is 96.3 Å². The summed E-state index contributed by atoms with van der Waals surface area (Å²) in [6, 6.07) is -1.55. The second-order valence-electron chi connectivity index (χ2n) is 14.5. The Morgan fingerprint density at radius 3 is 1.52 bits per heavy atom. The van der Waals surface area contributed by atoms with Crippen LogP contribution in [0.1, 0.15) is 194 Å². The molecule has 316 valence electrons. The van der Waals surface area contributed by atoms with Gasteiger partial charge in [0, 0.05) is 12.8 Å². The molecule has 0 rings (SSSR count). The largest absolute Gasteiger partial charge is 0.480 e. The van der Waals surface area contributed by atoms with Crippen LogP contribution in [-0.2, 0) is 32.7 Å². The van der Waals surface area contributed by atoms with Gasteiger partial charge in [0.15, 0.2) is 6.04 Å². The lowest BCUT2D eigenvalue weighted by molar-refractivity contribution is -0.147. The molecule has 12 heteroatoms. The monoisotopic (exact) mass is 788 g/mol. The fourth-order valence-corrected chi connectivity index (χ4v) is 6.65. The SMILES string of the molecule is CCCCCC/C=C\C/C=C\CCCCCCCCCC(=O)NC(COP(=O)(O)OCC(O)COC(=O)CCCCCCCCCCCCCC)C(=O)O. The zero-order valence-corrected chi connectivity index (χ0v) is 34.9. The van der Waals surface area contributed by atoms with Crippen LogP contribution in [0.5, 0.6) is 0 Å². The van der Waals surface area contributed by atoms with E-state index in [9.17, 15) is 34.1 Å². The number of carbonyl (C=O) groups is 3. The zero-order valence-electron chi connectivity index (χ0n) is 34.0.